The van der Waals surface area contributed by atoms with Crippen LogP contribution in [0.5, 0.6) is 11.5 Å². The van der Waals surface area contributed by atoms with Crippen molar-refractivity contribution in [3.8, 4) is 11.5 Å². The third-order valence-electron chi connectivity index (χ3n) is 10.7. The molecule has 14 heteroatoms. The zero-order valence-electron chi connectivity index (χ0n) is 31.1. The van der Waals surface area contributed by atoms with E-state index in [2.05, 4.69) is 23.2 Å². The lowest BCUT2D eigenvalue weighted by molar-refractivity contribution is -0.148. The van der Waals surface area contributed by atoms with Crippen molar-refractivity contribution in [3.63, 3.8) is 0 Å². The molecule has 0 aromatic heterocycles. The standard InChI is InChI=1S/C38H57N3O8S3/c1-5-25(2)36(37(44)39-29-9-8-12-34-41(38(29)45)27(23-42)24-50-34)52-51-20-17-35(43)49-28-15-18-40(22-28)30-10-6-7-11-31(30)48-19-16-26-13-14-32(46-3)33(21-26)47-4/h13-14,21,23,25,28-31,34,36,42H,5-12,15-20,22,24H2,1-4H3,(H,39,44)/b27-23-/t25-,28+,29-,30+,31+,34+,36-/m0/s1. The molecule has 290 valence electrons. The quantitative estimate of drug-likeness (QED) is 0.0793. The number of likely N-dealkylation sites (tertiary alicyclic amines) is 1. The van der Waals surface area contributed by atoms with Crippen molar-refractivity contribution in [2.45, 2.75) is 119 Å². The van der Waals surface area contributed by atoms with Crippen LogP contribution >= 0.6 is 33.3 Å². The molecule has 3 saturated heterocycles. The van der Waals surface area contributed by atoms with Crippen LogP contribution in [0.1, 0.15) is 83.6 Å². The average Bonchev–Trinajstić information content (AvgIpc) is 3.77. The highest BCUT2D eigenvalue weighted by atomic mass is 33.1. The molecule has 1 aromatic carbocycles. The number of ether oxygens (including phenoxy) is 4. The van der Waals surface area contributed by atoms with Crippen LogP contribution in [0, 0.1) is 5.92 Å². The Bertz CT molecular complexity index is 1380. The number of methoxy groups -OCH3 is 2. The largest absolute Gasteiger partial charge is 0.514 e. The van der Waals surface area contributed by atoms with E-state index in [9.17, 15) is 19.5 Å². The van der Waals surface area contributed by atoms with Gasteiger partial charge in [0.1, 0.15) is 12.1 Å². The minimum Gasteiger partial charge on any atom is -0.514 e. The molecule has 0 unspecified atom stereocenters. The highest BCUT2D eigenvalue weighted by molar-refractivity contribution is 8.77. The molecule has 0 spiro atoms. The van der Waals surface area contributed by atoms with E-state index in [0.717, 1.165) is 81.4 Å². The number of hydrogen-bond donors (Lipinski definition) is 2. The molecule has 7 atom stereocenters. The number of carbonyl (C=O) groups is 3. The van der Waals surface area contributed by atoms with Crippen molar-refractivity contribution in [2.24, 2.45) is 5.92 Å². The Labute approximate surface area is 321 Å². The molecule has 1 aliphatic carbocycles. The van der Waals surface area contributed by atoms with E-state index in [0.29, 0.717) is 36.3 Å². The van der Waals surface area contributed by atoms with Crippen molar-refractivity contribution in [1.29, 1.82) is 0 Å². The summed E-state index contributed by atoms with van der Waals surface area (Å²) in [6.45, 7) is 6.37. The maximum atomic E-state index is 13.5. The second-order valence-corrected chi connectivity index (χ2v) is 18.0. The normalized spacial score (nSPS) is 27.2. The number of amides is 2. The van der Waals surface area contributed by atoms with Gasteiger partial charge < -0.3 is 29.4 Å². The first-order chi connectivity index (χ1) is 25.3. The number of nitrogens with zero attached hydrogens (tertiary/aromatic N) is 2. The Morgan fingerprint density at radius 2 is 1.90 bits per heavy atom. The van der Waals surface area contributed by atoms with Crippen LogP contribution in [-0.2, 0) is 30.3 Å². The number of fused-ring (bicyclic) bond motifs is 1. The van der Waals surface area contributed by atoms with Gasteiger partial charge >= 0.3 is 5.97 Å². The summed E-state index contributed by atoms with van der Waals surface area (Å²) in [7, 11) is 6.28. The molecule has 3 heterocycles. The summed E-state index contributed by atoms with van der Waals surface area (Å²) in [6.07, 6.45) is 10.5. The topological polar surface area (TPSA) is 127 Å². The molecule has 1 aromatic rings. The predicted molar refractivity (Wildman–Crippen MR) is 209 cm³/mol. The van der Waals surface area contributed by atoms with Crippen molar-refractivity contribution in [3.05, 3.63) is 35.7 Å². The maximum absolute atomic E-state index is 13.5. The second kappa shape index (κ2) is 20.4. The van der Waals surface area contributed by atoms with Crippen LogP contribution in [0.25, 0.3) is 0 Å². The van der Waals surface area contributed by atoms with Gasteiger partial charge in [-0.2, -0.15) is 0 Å². The summed E-state index contributed by atoms with van der Waals surface area (Å²) in [5.41, 5.74) is 1.75. The first-order valence-electron chi connectivity index (χ1n) is 18.9. The third-order valence-corrected chi connectivity index (χ3v) is 14.9. The number of carbonyl (C=O) groups excluding carboxylic acids is 3. The van der Waals surface area contributed by atoms with E-state index in [4.69, 9.17) is 18.9 Å². The van der Waals surface area contributed by atoms with E-state index >= 15 is 0 Å². The fourth-order valence-corrected chi connectivity index (χ4v) is 11.7. The lowest BCUT2D eigenvalue weighted by Gasteiger charge is -2.37. The number of aliphatic hydroxyl groups excluding tert-OH is 1. The summed E-state index contributed by atoms with van der Waals surface area (Å²) >= 11 is 1.65. The molecule has 0 radical (unpaired) electrons. The number of thioether (sulfide) groups is 1. The van der Waals surface area contributed by atoms with Crippen molar-refractivity contribution >= 4 is 51.1 Å². The van der Waals surface area contributed by atoms with Crippen molar-refractivity contribution in [1.82, 2.24) is 15.1 Å². The lowest BCUT2D eigenvalue weighted by Crippen LogP contribution is -2.50. The van der Waals surface area contributed by atoms with Gasteiger partial charge in [0, 0.05) is 30.6 Å². The van der Waals surface area contributed by atoms with E-state index in [-0.39, 0.29) is 53.0 Å². The fraction of sp³-hybridized carbons (Fsp3) is 0.711. The monoisotopic (exact) mass is 779 g/mol. The zero-order chi connectivity index (χ0) is 37.0. The fourth-order valence-electron chi connectivity index (χ4n) is 7.59. The maximum Gasteiger partial charge on any atom is 0.306 e. The lowest BCUT2D eigenvalue weighted by atomic mass is 9.91. The number of hydrogen-bond acceptors (Lipinski definition) is 12. The molecule has 11 nitrogen and oxygen atoms in total. The Kier molecular flexibility index (Phi) is 16.1. The van der Waals surface area contributed by atoms with Gasteiger partial charge in [-0.05, 0) is 68.6 Å². The van der Waals surface area contributed by atoms with E-state index in [1.54, 1.807) is 30.9 Å². The summed E-state index contributed by atoms with van der Waals surface area (Å²) < 4.78 is 23.2. The van der Waals surface area contributed by atoms with E-state index in [1.807, 2.05) is 19.1 Å². The molecule has 5 rings (SSSR count). The van der Waals surface area contributed by atoms with E-state index < -0.39 is 6.04 Å². The van der Waals surface area contributed by atoms with Crippen molar-refractivity contribution < 1.29 is 38.4 Å². The summed E-state index contributed by atoms with van der Waals surface area (Å²) in [6, 6.07) is 5.72. The first kappa shape index (κ1) is 40.9. The molecule has 2 N–H and O–H groups in total. The minimum atomic E-state index is -0.608. The Hall–Kier alpha value is -2.26. The van der Waals surface area contributed by atoms with Gasteiger partial charge in [0.25, 0.3) is 0 Å². The molecule has 0 bridgehead atoms. The molecule has 4 fully saturated rings. The van der Waals surface area contributed by atoms with Crippen LogP contribution in [-0.4, -0.2) is 113 Å². The zero-order valence-corrected chi connectivity index (χ0v) is 33.5. The minimum absolute atomic E-state index is 0.0143. The Morgan fingerprint density at radius 3 is 2.67 bits per heavy atom. The number of nitrogens with one attached hydrogen (secondary N) is 1. The number of esters is 1. The van der Waals surface area contributed by atoms with Gasteiger partial charge in [0.2, 0.25) is 11.8 Å². The first-order valence-corrected chi connectivity index (χ1v) is 22.3. The molecule has 52 heavy (non-hydrogen) atoms. The van der Waals surface area contributed by atoms with Crippen LogP contribution in [0.3, 0.4) is 0 Å². The van der Waals surface area contributed by atoms with Crippen LogP contribution in [0.2, 0.25) is 0 Å². The number of rotatable bonds is 17. The van der Waals surface area contributed by atoms with Gasteiger partial charge in [-0.3, -0.25) is 24.2 Å². The predicted octanol–water partition coefficient (Wildman–Crippen LogP) is 6.35. The third kappa shape index (κ3) is 10.7. The molecular formula is C38H57N3O8S3. The number of benzene rings is 1. The smallest absolute Gasteiger partial charge is 0.306 e. The van der Waals surface area contributed by atoms with Gasteiger partial charge in [-0.25, -0.2) is 0 Å². The summed E-state index contributed by atoms with van der Waals surface area (Å²) in [4.78, 5) is 43.9. The molecule has 2 amide bonds. The molecule has 3 aliphatic heterocycles. The van der Waals surface area contributed by atoms with Crippen LogP contribution in [0.4, 0.5) is 0 Å². The highest BCUT2D eigenvalue weighted by Crippen LogP contribution is 2.38. The van der Waals surface area contributed by atoms with Gasteiger partial charge in [-0.1, -0.05) is 60.8 Å². The van der Waals surface area contributed by atoms with Crippen molar-refractivity contribution in [2.75, 3.05) is 45.4 Å². The van der Waals surface area contributed by atoms with Crippen LogP contribution in [0.15, 0.2) is 30.2 Å². The summed E-state index contributed by atoms with van der Waals surface area (Å²) in [5.74, 6) is 2.18. The van der Waals surface area contributed by atoms with Gasteiger partial charge in [0.15, 0.2) is 11.5 Å². The summed E-state index contributed by atoms with van der Waals surface area (Å²) in [5, 5.41) is 12.4. The van der Waals surface area contributed by atoms with Gasteiger partial charge in [0.05, 0.1) is 55.9 Å². The SMILES string of the molecule is CC[C@H](C)[C@H](SSCCC(=O)O[C@@H]1CCN([C@@H]2CCCC[C@H]2OCCc2ccc(OC)c(OC)c2)C1)C(=O)N[C@H]1CCC[C@H]2SC/C(=C/O)N2C1=O. The highest BCUT2D eigenvalue weighted by Gasteiger charge is 2.41. The van der Waals surface area contributed by atoms with Gasteiger partial charge in [-0.15, -0.1) is 11.8 Å². The average molecular weight is 780 g/mol. The Balaban J connectivity index is 1.03. The molecular weight excluding hydrogens is 723 g/mol. The van der Waals surface area contributed by atoms with E-state index in [1.165, 1.54) is 34.4 Å². The number of aliphatic hydroxyl groups is 1. The van der Waals surface area contributed by atoms with Crippen LogP contribution < -0.4 is 14.8 Å². The molecule has 1 saturated carbocycles. The molecule has 4 aliphatic rings. The Morgan fingerprint density at radius 1 is 1.10 bits per heavy atom. The second-order valence-electron chi connectivity index (χ2n) is 14.2.